The van der Waals surface area contributed by atoms with E-state index in [4.69, 9.17) is 24.8 Å². The lowest BCUT2D eigenvalue weighted by Gasteiger charge is -2.26. The highest BCUT2D eigenvalue weighted by Crippen LogP contribution is 2.36. The largest absolute Gasteiger partial charge is 0.473 e. The zero-order valence-electron chi connectivity index (χ0n) is 20.3. The molecule has 13 heteroatoms. The average molecular weight is 529 g/mol. The summed E-state index contributed by atoms with van der Waals surface area (Å²) >= 11 is 0. The summed E-state index contributed by atoms with van der Waals surface area (Å²) in [6, 6.07) is 5.12. The Morgan fingerprint density at radius 2 is 1.79 bits per heavy atom. The van der Waals surface area contributed by atoms with Crippen LogP contribution in [0.25, 0.3) is 11.7 Å². The number of benzene rings is 1. The molecule has 1 atom stereocenters. The van der Waals surface area contributed by atoms with E-state index in [1.54, 1.807) is 34.0 Å². The molecule has 0 aliphatic carbocycles. The van der Waals surface area contributed by atoms with Crippen LogP contribution in [0.5, 0.6) is 0 Å². The predicted octanol–water partition coefficient (Wildman–Crippen LogP) is 1.95. The second-order valence-corrected chi connectivity index (χ2v) is 8.69. The van der Waals surface area contributed by atoms with Gasteiger partial charge in [-0.1, -0.05) is 0 Å². The first-order chi connectivity index (χ1) is 18.2. The number of rotatable bonds is 4. The fourth-order valence-corrected chi connectivity index (χ4v) is 4.44. The lowest BCUT2D eigenvalue weighted by atomic mass is 10.0. The van der Waals surface area contributed by atoms with E-state index in [-0.39, 0.29) is 11.9 Å². The van der Waals surface area contributed by atoms with Gasteiger partial charge in [0.25, 0.3) is 0 Å². The fourth-order valence-electron chi connectivity index (χ4n) is 4.44. The number of halogens is 2. The molecule has 5 rings (SSSR count). The minimum atomic E-state index is -1.82. The van der Waals surface area contributed by atoms with Crippen molar-refractivity contribution < 1.29 is 33.4 Å². The summed E-state index contributed by atoms with van der Waals surface area (Å²) in [5.41, 5.74) is 1.68. The van der Waals surface area contributed by atoms with Gasteiger partial charge in [-0.2, -0.15) is 5.10 Å². The van der Waals surface area contributed by atoms with Gasteiger partial charge in [0.1, 0.15) is 17.5 Å². The van der Waals surface area contributed by atoms with Gasteiger partial charge >= 0.3 is 11.9 Å². The highest BCUT2D eigenvalue weighted by molar-refractivity contribution is 6.27. The van der Waals surface area contributed by atoms with Crippen molar-refractivity contribution in [3.05, 3.63) is 65.5 Å². The molecule has 4 heterocycles. The van der Waals surface area contributed by atoms with Crippen LogP contribution in [-0.4, -0.2) is 80.3 Å². The molecule has 1 aromatic carbocycles. The van der Waals surface area contributed by atoms with Crippen LogP contribution < -0.4 is 10.2 Å². The van der Waals surface area contributed by atoms with Crippen LogP contribution >= 0.6 is 0 Å². The van der Waals surface area contributed by atoms with Crippen molar-refractivity contribution in [2.75, 3.05) is 37.6 Å². The van der Waals surface area contributed by atoms with Crippen molar-refractivity contribution in [2.24, 2.45) is 0 Å². The monoisotopic (exact) mass is 528 g/mol. The minimum Gasteiger partial charge on any atom is -0.473 e. The first-order valence-electron chi connectivity index (χ1n) is 11.9. The Morgan fingerprint density at radius 3 is 2.50 bits per heavy atom. The molecule has 0 radical (unpaired) electrons. The Balaban J connectivity index is 0.000000505. The molecule has 2 saturated heterocycles. The number of aliphatic carboxylic acids is 2. The van der Waals surface area contributed by atoms with Gasteiger partial charge in [0.15, 0.2) is 5.65 Å². The molecule has 200 valence electrons. The molecule has 0 bridgehead atoms. The molecule has 0 unspecified atom stereocenters. The lowest BCUT2D eigenvalue weighted by Crippen LogP contribution is -2.45. The van der Waals surface area contributed by atoms with Crippen LogP contribution in [0.15, 0.2) is 42.7 Å². The number of nitrogens with one attached hydrogen (secondary N) is 1. The van der Waals surface area contributed by atoms with E-state index in [1.165, 1.54) is 12.1 Å². The van der Waals surface area contributed by atoms with Gasteiger partial charge in [-0.3, -0.25) is 4.79 Å². The van der Waals surface area contributed by atoms with Crippen molar-refractivity contribution in [2.45, 2.75) is 18.9 Å². The van der Waals surface area contributed by atoms with Crippen LogP contribution in [0.2, 0.25) is 0 Å². The Hall–Kier alpha value is -4.39. The number of fused-ring (bicyclic) bond motifs is 1. The number of carboxylic acids is 2. The topological polar surface area (TPSA) is 140 Å². The number of nitrogens with zero attached hydrogens (tertiary/aromatic N) is 5. The summed E-state index contributed by atoms with van der Waals surface area (Å²) in [6.45, 7) is 3.67. The van der Waals surface area contributed by atoms with E-state index < -0.39 is 23.6 Å². The van der Waals surface area contributed by atoms with Gasteiger partial charge in [-0.05, 0) is 43.2 Å². The lowest BCUT2D eigenvalue weighted by molar-refractivity contribution is -0.159. The van der Waals surface area contributed by atoms with E-state index in [2.05, 4.69) is 10.4 Å². The van der Waals surface area contributed by atoms with Crippen LogP contribution in [0, 0.1) is 11.6 Å². The molecule has 0 spiro atoms. The van der Waals surface area contributed by atoms with Crippen molar-refractivity contribution in [1.82, 2.24) is 24.8 Å². The molecule has 2 aromatic heterocycles. The molecule has 0 saturated carbocycles. The summed E-state index contributed by atoms with van der Waals surface area (Å²) in [7, 11) is 0. The quantitative estimate of drug-likeness (QED) is 0.342. The number of piperazine rings is 1. The first-order valence-corrected chi connectivity index (χ1v) is 11.9. The number of carboxylic acid groups (broad SMARTS) is 2. The van der Waals surface area contributed by atoms with Gasteiger partial charge < -0.3 is 25.3 Å². The van der Waals surface area contributed by atoms with Crippen molar-refractivity contribution in [3.8, 4) is 0 Å². The smallest absolute Gasteiger partial charge is 0.414 e. The Kier molecular flexibility index (Phi) is 8.26. The van der Waals surface area contributed by atoms with Gasteiger partial charge in [-0.15, -0.1) is 0 Å². The van der Waals surface area contributed by atoms with Crippen molar-refractivity contribution in [3.63, 3.8) is 0 Å². The Bertz CT molecular complexity index is 1360. The molecule has 1 amide bonds. The molecule has 2 fully saturated rings. The SMILES string of the molecule is O=C(/C=C/c1cnn2ccc(N3CCC[C@@H]3c3cc(F)ccc3F)nc12)N1CCNCC1.O=C(O)C(=O)O. The number of anilines is 1. The van der Waals surface area contributed by atoms with E-state index in [0.29, 0.717) is 36.7 Å². The van der Waals surface area contributed by atoms with Gasteiger partial charge in [-0.25, -0.2) is 27.9 Å². The summed E-state index contributed by atoms with van der Waals surface area (Å²) in [6.07, 6.45) is 8.33. The number of amides is 1. The second-order valence-electron chi connectivity index (χ2n) is 8.69. The molecule has 38 heavy (non-hydrogen) atoms. The highest BCUT2D eigenvalue weighted by Gasteiger charge is 2.30. The van der Waals surface area contributed by atoms with Crippen LogP contribution in [0.1, 0.15) is 30.0 Å². The highest BCUT2D eigenvalue weighted by atomic mass is 19.1. The third-order valence-corrected chi connectivity index (χ3v) is 6.26. The van der Waals surface area contributed by atoms with Crippen molar-refractivity contribution in [1.29, 1.82) is 0 Å². The maximum absolute atomic E-state index is 14.4. The third-order valence-electron chi connectivity index (χ3n) is 6.26. The molecule has 3 N–H and O–H groups in total. The van der Waals surface area contributed by atoms with E-state index in [0.717, 1.165) is 37.6 Å². The molecule has 2 aliphatic rings. The summed E-state index contributed by atoms with van der Waals surface area (Å²) in [4.78, 5) is 39.2. The standard InChI is InChI=1S/C23H24F2N6O.C2H2O4/c24-17-4-5-19(25)18(14-17)20-2-1-10-30(20)21-7-11-31-23(28-21)16(15-27-31)3-6-22(32)29-12-8-26-9-13-29;3-1(4)2(5)6/h3-7,11,14-15,20,26H,1-2,8-10,12-13H2;(H,3,4)(H,5,6)/b6-3+;/t20-;/m1./s1. The zero-order valence-corrected chi connectivity index (χ0v) is 20.3. The molecular formula is C25H26F2N6O5. The molecular weight excluding hydrogens is 502 g/mol. The Morgan fingerprint density at radius 1 is 1.05 bits per heavy atom. The number of carbonyl (C=O) groups excluding carboxylic acids is 1. The maximum atomic E-state index is 14.4. The summed E-state index contributed by atoms with van der Waals surface area (Å²) < 4.78 is 29.9. The average Bonchev–Trinajstić information content (AvgIpc) is 3.56. The number of hydrogen-bond acceptors (Lipinski definition) is 7. The number of hydrogen-bond donors (Lipinski definition) is 3. The van der Waals surface area contributed by atoms with E-state index in [1.807, 2.05) is 11.0 Å². The fraction of sp³-hybridized carbons (Fsp3) is 0.320. The summed E-state index contributed by atoms with van der Waals surface area (Å²) in [5, 5.41) is 22.3. The molecule has 11 nitrogen and oxygen atoms in total. The summed E-state index contributed by atoms with van der Waals surface area (Å²) in [5.74, 6) is -3.88. The normalized spacial score (nSPS) is 17.5. The van der Waals surface area contributed by atoms with E-state index in [9.17, 15) is 13.6 Å². The Labute approximate surface area is 216 Å². The second kappa shape index (κ2) is 11.8. The molecule has 3 aromatic rings. The first kappa shape index (κ1) is 26.7. The van der Waals surface area contributed by atoms with Crippen LogP contribution in [0.3, 0.4) is 0 Å². The van der Waals surface area contributed by atoms with E-state index >= 15 is 0 Å². The van der Waals surface area contributed by atoms with Crippen LogP contribution in [-0.2, 0) is 14.4 Å². The zero-order chi connectivity index (χ0) is 27.2. The minimum absolute atomic E-state index is 0.0387. The maximum Gasteiger partial charge on any atom is 0.414 e. The predicted molar refractivity (Wildman–Crippen MR) is 132 cm³/mol. The number of aromatic nitrogens is 3. The van der Waals surface area contributed by atoms with Gasteiger partial charge in [0, 0.05) is 56.1 Å². The van der Waals surface area contributed by atoms with Crippen LogP contribution in [0.4, 0.5) is 14.6 Å². The number of carbonyl (C=O) groups is 3. The van der Waals surface area contributed by atoms with Gasteiger partial charge in [0.05, 0.1) is 12.2 Å². The van der Waals surface area contributed by atoms with Gasteiger partial charge in [0.2, 0.25) is 5.91 Å². The third kappa shape index (κ3) is 6.11. The molecule has 2 aliphatic heterocycles. The van der Waals surface area contributed by atoms with Crippen molar-refractivity contribution >= 4 is 35.4 Å².